The highest BCUT2D eigenvalue weighted by Gasteiger charge is 2.18. The lowest BCUT2D eigenvalue weighted by Gasteiger charge is -2.12. The summed E-state index contributed by atoms with van der Waals surface area (Å²) in [4.78, 5) is 15.6. The van der Waals surface area contributed by atoms with Crippen LogP contribution >= 0.6 is 0 Å². The third kappa shape index (κ3) is 3.85. The average molecular weight is 299 g/mol. The van der Waals surface area contributed by atoms with Crippen molar-refractivity contribution >= 4 is 5.97 Å². The average Bonchev–Trinajstić information content (AvgIpc) is 2.54. The van der Waals surface area contributed by atoms with Gasteiger partial charge in [0.25, 0.3) is 0 Å². The van der Waals surface area contributed by atoms with Crippen molar-refractivity contribution in [2.75, 3.05) is 6.61 Å². The number of nitrogens with zero attached hydrogens (tertiary/aromatic N) is 1. The van der Waals surface area contributed by atoms with Gasteiger partial charge in [-0.25, -0.2) is 4.98 Å². The summed E-state index contributed by atoms with van der Waals surface area (Å²) in [5.74, 6) is -0.591. The van der Waals surface area contributed by atoms with Gasteiger partial charge >= 0.3 is 5.97 Å². The molecule has 1 heterocycles. The number of pyridine rings is 1. The van der Waals surface area contributed by atoms with Crippen molar-refractivity contribution in [3.63, 3.8) is 0 Å². The summed E-state index contributed by atoms with van der Waals surface area (Å²) in [7, 11) is 0. The molecule has 0 radical (unpaired) electrons. The largest absolute Gasteiger partial charge is 0.481 e. The summed E-state index contributed by atoms with van der Waals surface area (Å²) >= 11 is 0. The summed E-state index contributed by atoms with van der Waals surface area (Å²) in [6.45, 7) is 4.51. The van der Waals surface area contributed by atoms with Gasteiger partial charge in [0.2, 0.25) is 5.88 Å². The summed E-state index contributed by atoms with van der Waals surface area (Å²) < 4.78 is 5.32. The van der Waals surface area contributed by atoms with E-state index in [4.69, 9.17) is 4.74 Å². The molecule has 2 aromatic rings. The summed E-state index contributed by atoms with van der Waals surface area (Å²) in [6.07, 6.45) is 3.27. The zero-order valence-electron chi connectivity index (χ0n) is 13.0. The van der Waals surface area contributed by atoms with Crippen molar-refractivity contribution in [2.45, 2.75) is 32.6 Å². The minimum absolute atomic E-state index is 0.433. The molecule has 1 aromatic heterocycles. The van der Waals surface area contributed by atoms with E-state index in [2.05, 4.69) is 4.98 Å². The molecule has 0 saturated carbocycles. The van der Waals surface area contributed by atoms with Gasteiger partial charge in [-0.15, -0.1) is 0 Å². The maximum absolute atomic E-state index is 11.3. The molecule has 22 heavy (non-hydrogen) atoms. The van der Waals surface area contributed by atoms with Crippen LogP contribution in [0.2, 0.25) is 0 Å². The SMILES string of the molecule is CCCC(C(=O)O)c1ccc(-c2ccc(OCC)nc2)cc1. The third-order valence-electron chi connectivity index (χ3n) is 3.55. The second kappa shape index (κ2) is 7.59. The van der Waals surface area contributed by atoms with Crippen molar-refractivity contribution in [3.05, 3.63) is 48.2 Å². The van der Waals surface area contributed by atoms with Gasteiger partial charge in [-0.05, 0) is 30.5 Å². The standard InChI is InChI=1S/C18H21NO3/c1-3-5-16(18(20)21)14-8-6-13(7-9-14)15-10-11-17(19-12-15)22-4-2/h6-12,16H,3-5H2,1-2H3,(H,20,21). The number of carbonyl (C=O) groups is 1. The maximum atomic E-state index is 11.3. The van der Waals surface area contributed by atoms with E-state index in [1.165, 1.54) is 0 Å². The fraction of sp³-hybridized carbons (Fsp3) is 0.333. The van der Waals surface area contributed by atoms with E-state index < -0.39 is 11.9 Å². The molecule has 0 saturated heterocycles. The number of hydrogen-bond donors (Lipinski definition) is 1. The van der Waals surface area contributed by atoms with Gasteiger partial charge in [0.1, 0.15) is 0 Å². The molecule has 0 spiro atoms. The van der Waals surface area contributed by atoms with Gasteiger partial charge in [0.05, 0.1) is 12.5 Å². The first-order chi connectivity index (χ1) is 10.7. The molecule has 0 aliphatic heterocycles. The third-order valence-corrected chi connectivity index (χ3v) is 3.55. The molecule has 4 nitrogen and oxygen atoms in total. The van der Waals surface area contributed by atoms with Crippen LogP contribution in [0.4, 0.5) is 0 Å². The number of benzene rings is 1. The number of aromatic nitrogens is 1. The molecule has 0 aliphatic carbocycles. The Morgan fingerprint density at radius 3 is 2.32 bits per heavy atom. The lowest BCUT2D eigenvalue weighted by Crippen LogP contribution is -2.11. The van der Waals surface area contributed by atoms with E-state index in [-0.39, 0.29) is 0 Å². The molecule has 1 N–H and O–H groups in total. The number of rotatable bonds is 7. The molecule has 1 aromatic carbocycles. The smallest absolute Gasteiger partial charge is 0.310 e. The molecule has 0 bridgehead atoms. The van der Waals surface area contributed by atoms with Crippen molar-refractivity contribution in [1.29, 1.82) is 0 Å². The Labute approximate surface area is 130 Å². The predicted octanol–water partition coefficient (Wildman–Crippen LogP) is 4.12. The number of aliphatic carboxylic acids is 1. The number of ether oxygens (including phenoxy) is 1. The zero-order valence-corrected chi connectivity index (χ0v) is 13.0. The summed E-state index contributed by atoms with van der Waals surface area (Å²) in [6, 6.07) is 11.5. The Hall–Kier alpha value is -2.36. The molecule has 1 atom stereocenters. The molecular formula is C18H21NO3. The van der Waals surface area contributed by atoms with Crippen LogP contribution in [0.15, 0.2) is 42.6 Å². The van der Waals surface area contributed by atoms with E-state index in [9.17, 15) is 9.90 Å². The maximum Gasteiger partial charge on any atom is 0.310 e. The van der Waals surface area contributed by atoms with Crippen molar-refractivity contribution in [2.24, 2.45) is 0 Å². The van der Waals surface area contributed by atoms with Crippen LogP contribution in [-0.4, -0.2) is 22.7 Å². The first-order valence-electron chi connectivity index (χ1n) is 7.57. The molecule has 1 unspecified atom stereocenters. The molecule has 116 valence electrons. The van der Waals surface area contributed by atoms with Crippen LogP contribution in [0, 0.1) is 0 Å². The second-order valence-corrected chi connectivity index (χ2v) is 5.12. The van der Waals surface area contributed by atoms with Gasteiger partial charge < -0.3 is 9.84 Å². The van der Waals surface area contributed by atoms with Gasteiger partial charge in [0, 0.05) is 17.8 Å². The van der Waals surface area contributed by atoms with Crippen LogP contribution in [-0.2, 0) is 4.79 Å². The Morgan fingerprint density at radius 1 is 1.14 bits per heavy atom. The van der Waals surface area contributed by atoms with Crippen LogP contribution in [0.25, 0.3) is 11.1 Å². The van der Waals surface area contributed by atoms with Crippen molar-refractivity contribution < 1.29 is 14.6 Å². The highest BCUT2D eigenvalue weighted by atomic mass is 16.5. The Kier molecular flexibility index (Phi) is 5.53. The molecule has 0 amide bonds. The van der Waals surface area contributed by atoms with Crippen LogP contribution in [0.5, 0.6) is 5.88 Å². The lowest BCUT2D eigenvalue weighted by molar-refractivity contribution is -0.139. The minimum atomic E-state index is -0.766. The molecule has 0 fully saturated rings. The lowest BCUT2D eigenvalue weighted by atomic mass is 9.93. The summed E-state index contributed by atoms with van der Waals surface area (Å²) in [5.41, 5.74) is 2.84. The zero-order chi connectivity index (χ0) is 15.9. The molecule has 2 rings (SSSR count). The minimum Gasteiger partial charge on any atom is -0.481 e. The predicted molar refractivity (Wildman–Crippen MR) is 86.1 cm³/mol. The van der Waals surface area contributed by atoms with Gasteiger partial charge in [-0.1, -0.05) is 37.6 Å². The Bertz CT molecular complexity index is 605. The highest BCUT2D eigenvalue weighted by molar-refractivity contribution is 5.76. The Balaban J connectivity index is 2.18. The highest BCUT2D eigenvalue weighted by Crippen LogP contribution is 2.26. The topological polar surface area (TPSA) is 59.4 Å². The Morgan fingerprint density at radius 2 is 1.82 bits per heavy atom. The summed E-state index contributed by atoms with van der Waals surface area (Å²) in [5, 5.41) is 9.30. The van der Waals surface area contributed by atoms with Gasteiger partial charge in [0.15, 0.2) is 0 Å². The fourth-order valence-corrected chi connectivity index (χ4v) is 2.41. The van der Waals surface area contributed by atoms with E-state index in [1.54, 1.807) is 6.20 Å². The van der Waals surface area contributed by atoms with E-state index in [1.807, 2.05) is 50.2 Å². The molecular weight excluding hydrogens is 278 g/mol. The van der Waals surface area contributed by atoms with Crippen molar-refractivity contribution in [1.82, 2.24) is 4.98 Å². The van der Waals surface area contributed by atoms with Crippen LogP contribution < -0.4 is 4.74 Å². The first kappa shape index (κ1) is 16.0. The van der Waals surface area contributed by atoms with Gasteiger partial charge in [-0.3, -0.25) is 4.79 Å². The molecule has 4 heteroatoms. The first-order valence-corrected chi connectivity index (χ1v) is 7.57. The quantitative estimate of drug-likeness (QED) is 0.835. The second-order valence-electron chi connectivity index (χ2n) is 5.12. The number of hydrogen-bond acceptors (Lipinski definition) is 3. The molecule has 0 aliphatic rings. The van der Waals surface area contributed by atoms with E-state index in [0.717, 1.165) is 23.1 Å². The van der Waals surface area contributed by atoms with E-state index in [0.29, 0.717) is 18.9 Å². The number of carboxylic acid groups (broad SMARTS) is 1. The van der Waals surface area contributed by atoms with Crippen molar-refractivity contribution in [3.8, 4) is 17.0 Å². The normalized spacial score (nSPS) is 11.9. The fourth-order valence-electron chi connectivity index (χ4n) is 2.41. The monoisotopic (exact) mass is 299 g/mol. The van der Waals surface area contributed by atoms with Crippen LogP contribution in [0.1, 0.15) is 38.2 Å². The van der Waals surface area contributed by atoms with E-state index >= 15 is 0 Å². The van der Waals surface area contributed by atoms with Crippen LogP contribution in [0.3, 0.4) is 0 Å². The van der Waals surface area contributed by atoms with Gasteiger partial charge in [-0.2, -0.15) is 0 Å². The number of carboxylic acids is 1.